The quantitative estimate of drug-likeness (QED) is 0.653. The lowest BCUT2D eigenvalue weighted by molar-refractivity contribution is -0.116. The van der Waals surface area contributed by atoms with Crippen molar-refractivity contribution in [2.45, 2.75) is 36.2 Å². The SMILES string of the molecule is CCCc1nnc2n1N[C@H](c1ccc(Cl)cc1)[C@H](C(=O)Nc1ccccc1)S2. The first-order valence-electron chi connectivity index (χ1n) is 9.14. The molecule has 0 saturated heterocycles. The molecule has 28 heavy (non-hydrogen) atoms. The summed E-state index contributed by atoms with van der Waals surface area (Å²) in [5.74, 6) is 0.779. The number of aromatic nitrogens is 3. The highest BCUT2D eigenvalue weighted by molar-refractivity contribution is 8.00. The first-order chi connectivity index (χ1) is 13.7. The Bertz CT molecular complexity index is 960. The van der Waals surface area contributed by atoms with Crippen LogP contribution >= 0.6 is 23.4 Å². The van der Waals surface area contributed by atoms with E-state index >= 15 is 0 Å². The molecule has 0 bridgehead atoms. The number of nitrogens with zero attached hydrogens (tertiary/aromatic N) is 3. The van der Waals surface area contributed by atoms with Crippen LogP contribution in [0.3, 0.4) is 0 Å². The fourth-order valence-corrected chi connectivity index (χ4v) is 4.36. The Morgan fingerprint density at radius 3 is 2.64 bits per heavy atom. The zero-order valence-electron chi connectivity index (χ0n) is 15.3. The van der Waals surface area contributed by atoms with Crippen molar-refractivity contribution in [3.8, 4) is 0 Å². The van der Waals surface area contributed by atoms with Crippen LogP contribution in [0, 0.1) is 0 Å². The van der Waals surface area contributed by atoms with Crippen molar-refractivity contribution in [3.63, 3.8) is 0 Å². The van der Waals surface area contributed by atoms with E-state index in [1.54, 1.807) is 0 Å². The summed E-state index contributed by atoms with van der Waals surface area (Å²) in [7, 11) is 0. The van der Waals surface area contributed by atoms with Gasteiger partial charge in [0, 0.05) is 17.1 Å². The maximum Gasteiger partial charge on any atom is 0.240 e. The number of hydrogen-bond acceptors (Lipinski definition) is 5. The van der Waals surface area contributed by atoms with Gasteiger partial charge in [0.2, 0.25) is 11.1 Å². The van der Waals surface area contributed by atoms with E-state index in [0.717, 1.165) is 29.9 Å². The molecule has 2 N–H and O–H groups in total. The third-order valence-corrected chi connectivity index (χ3v) is 5.97. The fraction of sp³-hybridized carbons (Fsp3) is 0.250. The van der Waals surface area contributed by atoms with Crippen LogP contribution in [0.2, 0.25) is 5.02 Å². The van der Waals surface area contributed by atoms with Crippen LogP contribution in [0.1, 0.15) is 30.8 Å². The second kappa shape index (κ2) is 8.24. The molecule has 1 amide bonds. The predicted molar refractivity (Wildman–Crippen MR) is 112 cm³/mol. The second-order valence-corrected chi connectivity index (χ2v) is 8.08. The molecule has 2 heterocycles. The van der Waals surface area contributed by atoms with E-state index in [0.29, 0.717) is 10.2 Å². The monoisotopic (exact) mass is 413 g/mol. The minimum atomic E-state index is -0.410. The van der Waals surface area contributed by atoms with Gasteiger partial charge in [0.25, 0.3) is 0 Å². The molecule has 2 atom stereocenters. The molecular weight excluding hydrogens is 394 g/mol. The Kier molecular flexibility index (Phi) is 5.54. The Labute approximate surface area is 172 Å². The van der Waals surface area contributed by atoms with Crippen LogP contribution in [0.15, 0.2) is 59.8 Å². The number of para-hydroxylation sites is 1. The third kappa shape index (κ3) is 3.86. The minimum Gasteiger partial charge on any atom is -0.325 e. The number of amides is 1. The van der Waals surface area contributed by atoms with Crippen molar-refractivity contribution in [1.82, 2.24) is 14.9 Å². The molecule has 6 nitrogen and oxygen atoms in total. The van der Waals surface area contributed by atoms with Crippen LogP contribution in [-0.2, 0) is 11.2 Å². The van der Waals surface area contributed by atoms with Crippen LogP contribution in [0.4, 0.5) is 5.69 Å². The summed E-state index contributed by atoms with van der Waals surface area (Å²) in [5, 5.41) is 12.5. The molecule has 4 rings (SSSR count). The highest BCUT2D eigenvalue weighted by Crippen LogP contribution is 2.38. The molecule has 2 aromatic carbocycles. The van der Waals surface area contributed by atoms with Crippen molar-refractivity contribution in [2.75, 3.05) is 10.7 Å². The smallest absolute Gasteiger partial charge is 0.240 e. The lowest BCUT2D eigenvalue weighted by atomic mass is 10.0. The van der Waals surface area contributed by atoms with Crippen molar-refractivity contribution in [2.24, 2.45) is 0 Å². The van der Waals surface area contributed by atoms with Gasteiger partial charge >= 0.3 is 0 Å². The summed E-state index contributed by atoms with van der Waals surface area (Å²) in [5.41, 5.74) is 5.19. The molecule has 0 spiro atoms. The number of hydrogen-bond donors (Lipinski definition) is 2. The van der Waals surface area contributed by atoms with E-state index in [9.17, 15) is 4.79 Å². The van der Waals surface area contributed by atoms with Crippen LogP contribution in [-0.4, -0.2) is 26.0 Å². The zero-order chi connectivity index (χ0) is 19.5. The Morgan fingerprint density at radius 2 is 1.93 bits per heavy atom. The lowest BCUT2D eigenvalue weighted by Crippen LogP contribution is -2.41. The van der Waals surface area contributed by atoms with Crippen molar-refractivity contribution < 1.29 is 4.79 Å². The average Bonchev–Trinajstić information content (AvgIpc) is 3.11. The molecule has 144 valence electrons. The number of halogens is 1. The molecule has 0 fully saturated rings. The number of anilines is 1. The maximum absolute atomic E-state index is 13.1. The lowest BCUT2D eigenvalue weighted by Gasteiger charge is -2.33. The van der Waals surface area contributed by atoms with Gasteiger partial charge in [0.1, 0.15) is 5.25 Å². The number of rotatable bonds is 5. The number of thioether (sulfide) groups is 1. The fourth-order valence-electron chi connectivity index (χ4n) is 3.14. The Hall–Kier alpha value is -2.51. The maximum atomic E-state index is 13.1. The molecule has 1 aliphatic rings. The van der Waals surface area contributed by atoms with Gasteiger partial charge in [-0.3, -0.25) is 4.79 Å². The van der Waals surface area contributed by atoms with E-state index in [1.807, 2.05) is 59.3 Å². The van der Waals surface area contributed by atoms with Crippen molar-refractivity contribution in [1.29, 1.82) is 0 Å². The number of carbonyl (C=O) groups is 1. The van der Waals surface area contributed by atoms with Crippen LogP contribution in [0.25, 0.3) is 0 Å². The van der Waals surface area contributed by atoms with Gasteiger partial charge in [-0.2, -0.15) is 0 Å². The van der Waals surface area contributed by atoms with Crippen molar-refractivity contribution >= 4 is 35.0 Å². The number of aryl methyl sites for hydroxylation is 1. The largest absolute Gasteiger partial charge is 0.325 e. The number of nitrogens with one attached hydrogen (secondary N) is 2. The second-order valence-electron chi connectivity index (χ2n) is 6.54. The normalized spacial score (nSPS) is 18.2. The molecule has 0 aliphatic carbocycles. The third-order valence-electron chi connectivity index (χ3n) is 4.51. The van der Waals surface area contributed by atoms with Gasteiger partial charge in [0.15, 0.2) is 5.82 Å². The highest BCUT2D eigenvalue weighted by Gasteiger charge is 2.37. The predicted octanol–water partition coefficient (Wildman–Crippen LogP) is 4.28. The van der Waals surface area contributed by atoms with E-state index in [2.05, 4.69) is 27.9 Å². The van der Waals surface area contributed by atoms with Gasteiger partial charge in [-0.05, 0) is 36.2 Å². The van der Waals surface area contributed by atoms with Crippen molar-refractivity contribution in [3.05, 3.63) is 71.0 Å². The molecule has 0 saturated carbocycles. The standard InChI is InChI=1S/C20H20ClN5OS/c1-2-6-16-23-24-20-26(16)25-17(13-9-11-14(21)12-10-13)18(28-20)19(27)22-15-7-4-3-5-8-15/h3-5,7-12,17-18,25H,2,6H2,1H3,(H,22,27)/t17-,18-/m1/s1. The molecule has 1 aromatic heterocycles. The van der Waals surface area contributed by atoms with Crippen LogP contribution < -0.4 is 10.7 Å². The van der Waals surface area contributed by atoms with E-state index in [1.165, 1.54) is 11.8 Å². The summed E-state index contributed by atoms with van der Waals surface area (Å²) in [6, 6.07) is 16.8. The number of fused-ring (bicyclic) bond motifs is 1. The van der Waals surface area contributed by atoms with E-state index in [4.69, 9.17) is 11.6 Å². The Balaban J connectivity index is 1.66. The topological polar surface area (TPSA) is 71.8 Å². The number of carbonyl (C=O) groups excluding carboxylic acids is 1. The summed E-state index contributed by atoms with van der Waals surface area (Å²) < 4.78 is 1.90. The molecular formula is C20H20ClN5OS. The van der Waals surface area contributed by atoms with Crippen LogP contribution in [0.5, 0.6) is 0 Å². The molecule has 0 radical (unpaired) electrons. The zero-order valence-corrected chi connectivity index (χ0v) is 16.9. The highest BCUT2D eigenvalue weighted by atomic mass is 35.5. The van der Waals surface area contributed by atoms with E-state index in [-0.39, 0.29) is 11.9 Å². The Morgan fingerprint density at radius 1 is 1.18 bits per heavy atom. The van der Waals surface area contributed by atoms with Gasteiger partial charge in [0.05, 0.1) is 6.04 Å². The molecule has 0 unspecified atom stereocenters. The molecule has 8 heteroatoms. The summed E-state index contributed by atoms with van der Waals surface area (Å²) >= 11 is 7.48. The first-order valence-corrected chi connectivity index (χ1v) is 10.4. The minimum absolute atomic E-state index is 0.0880. The summed E-state index contributed by atoms with van der Waals surface area (Å²) in [6.45, 7) is 2.10. The first kappa shape index (κ1) is 18.8. The molecule has 1 aliphatic heterocycles. The molecule has 3 aromatic rings. The van der Waals surface area contributed by atoms with Gasteiger partial charge in [-0.25, -0.2) is 4.68 Å². The van der Waals surface area contributed by atoms with Gasteiger partial charge < -0.3 is 10.7 Å². The number of benzene rings is 2. The summed E-state index contributed by atoms with van der Waals surface area (Å²) in [4.78, 5) is 13.1. The van der Waals surface area contributed by atoms with Gasteiger partial charge in [-0.15, -0.1) is 10.2 Å². The van der Waals surface area contributed by atoms with E-state index < -0.39 is 5.25 Å². The summed E-state index contributed by atoms with van der Waals surface area (Å²) in [6.07, 6.45) is 1.78. The average molecular weight is 414 g/mol. The van der Waals surface area contributed by atoms with Gasteiger partial charge in [-0.1, -0.05) is 60.6 Å².